The van der Waals surface area contributed by atoms with E-state index in [0.717, 1.165) is 104 Å². The van der Waals surface area contributed by atoms with Crippen molar-refractivity contribution in [3.63, 3.8) is 0 Å². The smallest absolute Gasteiger partial charge is 0.425 e. The predicted molar refractivity (Wildman–Crippen MR) is 310 cm³/mol. The molecule has 12 rings (SSSR count). The zero-order valence-electron chi connectivity index (χ0n) is 49.8. The first kappa shape index (κ1) is 69.5. The van der Waals surface area contributed by atoms with Crippen LogP contribution in [-0.4, -0.2) is 107 Å². The monoisotopic (exact) mass is 1290 g/mol. The first-order valence-corrected chi connectivity index (χ1v) is 30.7. The molecule has 4 N–H and O–H groups in total. The van der Waals surface area contributed by atoms with Crippen LogP contribution in [0.4, 0.5) is 4.39 Å². The average Bonchev–Trinajstić information content (AvgIpc) is 4.32. The molecule has 0 spiro atoms. The molecule has 16 atom stereocenters. The summed E-state index contributed by atoms with van der Waals surface area (Å²) < 4.78 is 27.6. The number of hydrogen-bond acceptors (Lipinski definition) is 13. The number of ether oxygens (including phenoxy) is 2. The van der Waals surface area contributed by atoms with Gasteiger partial charge in [-0.1, -0.05) is 74.3 Å². The molecule has 0 saturated heterocycles. The Hall–Kier alpha value is -0.0173. The van der Waals surface area contributed by atoms with Gasteiger partial charge in [0.15, 0.2) is 5.78 Å². The minimum atomic E-state index is -1.82. The number of aromatic amines is 1. The molecule has 444 valence electrons. The fourth-order valence-electron chi connectivity index (χ4n) is 18.7. The Morgan fingerprint density at radius 3 is 1.59 bits per heavy atom. The summed E-state index contributed by atoms with van der Waals surface area (Å²) in [4.78, 5) is 40.0. The van der Waals surface area contributed by atoms with Crippen LogP contribution in [0.15, 0.2) is 36.4 Å². The van der Waals surface area contributed by atoms with E-state index < -0.39 is 23.8 Å². The molecule has 21 heteroatoms. The molecular weight excluding hydrogens is 1210 g/mol. The average molecular weight is 1300 g/mol. The van der Waals surface area contributed by atoms with Gasteiger partial charge in [0, 0.05) is 36.1 Å². The quantitative estimate of drug-likeness (QED) is 0.0412. The van der Waals surface area contributed by atoms with Crippen molar-refractivity contribution in [2.24, 2.45) is 80.8 Å². The van der Waals surface area contributed by atoms with Crippen LogP contribution in [0.25, 0.3) is 22.1 Å². The largest absolute Gasteiger partial charge is 1.00 e. The molecule has 8 aliphatic carbocycles. The van der Waals surface area contributed by atoms with Gasteiger partial charge in [-0.3, -0.25) is 14.4 Å². The van der Waals surface area contributed by atoms with Crippen LogP contribution < -0.4 is 103 Å². The van der Waals surface area contributed by atoms with E-state index in [1.807, 2.05) is 18.2 Å². The molecule has 2 aromatic heterocycles. The van der Waals surface area contributed by atoms with Crippen molar-refractivity contribution >= 4 is 78.7 Å². The maximum atomic E-state index is 13.6. The van der Waals surface area contributed by atoms with Gasteiger partial charge >= 0.3 is 103 Å². The SMILES string of the molecule is C.COC[C@@]1(O)CC[C@@]2(C)[C@@H](CC[C@@H]3[C@@H]2CC[C@]2(C)[C@@H](C(=O)CBr)CC[C@@H]32)C1.COC[C@@]1(O)CC[C@@]2(C)[C@@H](CC[C@@H]3[C@@H]2CC[C@]2(C)[C@@H](C(=O)Cn4nc5ccc(Cl)cc5n4)CC[C@@H]32)C1.Clc1ccc2n[nH]nc2c1.[2H][C-](F)C(=O)OO.[K+].[K+]. The van der Waals surface area contributed by atoms with E-state index in [9.17, 15) is 29.0 Å². The first-order valence-electron chi connectivity index (χ1n) is 29.3. The Kier molecular flexibility index (Phi) is 24.8. The summed E-state index contributed by atoms with van der Waals surface area (Å²) in [5, 5.41) is 50.5. The number of H-pyrrole nitrogens is 1. The Balaban J connectivity index is 0.000000206. The number of hydrogen-bond donors (Lipinski definition) is 4. The number of carbonyl (C=O) groups excluding carboxylic acids is 3. The Morgan fingerprint density at radius 1 is 0.671 bits per heavy atom. The standard InChI is InChI=1S/C29H40ClN3O3.C23H37BrO3.C6H4ClN3.C2H2FO3.CH4.2K/c1-27-12-13-29(35,17-36-3)15-18(27)4-6-20-21-7-8-23(28(21,2)11-10-22(20)27)26(34)16-33-31-24-9-5-19(30)14-25(24)32-33;1-21-10-11-23(26,14-27-3)12-15(21)4-5-16-17-6-7-19(20(25)13-24)22(17,2)9-8-18(16)21;7-4-1-2-5-6(3-4)9-10-8-5;3-1-2(4)6-5;;;/h5,9,14,18,20-23,35H,4,6-8,10-13,15-17H2,1-3H3;15-19,26H,4-14H2,1-3H3;1-3H,(H,8,9,10);1,5H;1H4;;/q;;;-1;;2*+1/t18-,20-,21-,22-,23+,27-,28-,29+;15-,16-,17-,18-,19+,21-,22-,23+;;;;;/m00...../s1/i;;;1D;;;. The second kappa shape index (κ2) is 29.3. The van der Waals surface area contributed by atoms with Crippen molar-refractivity contribution in [2.45, 2.75) is 168 Å². The molecule has 8 aliphatic rings. The molecule has 0 unspecified atom stereocenters. The van der Waals surface area contributed by atoms with Gasteiger partial charge in [-0.25, -0.2) is 5.26 Å². The molecule has 2 aromatic carbocycles. The number of halogens is 4. The Labute approximate surface area is 589 Å². The zero-order chi connectivity index (χ0) is 57.6. The van der Waals surface area contributed by atoms with E-state index in [0.29, 0.717) is 74.8 Å². The number of nitrogens with one attached hydrogen (secondary N) is 1. The van der Waals surface area contributed by atoms with Gasteiger partial charge in [0.2, 0.25) is 5.97 Å². The summed E-state index contributed by atoms with van der Waals surface area (Å²) in [6.45, 7) is 9.23. The molecular formula is C61H87BrCl2FK2N6O9+. The van der Waals surface area contributed by atoms with Crippen LogP contribution >= 0.6 is 39.1 Å². The van der Waals surface area contributed by atoms with Crippen LogP contribution in [0.3, 0.4) is 0 Å². The number of ketones is 2. The fraction of sp³-hybridized carbons (Fsp3) is 0.738. The van der Waals surface area contributed by atoms with Crippen molar-refractivity contribution in [1.82, 2.24) is 30.4 Å². The van der Waals surface area contributed by atoms with Crippen LogP contribution in [0, 0.1) is 87.5 Å². The Bertz CT molecular complexity index is 2860. The number of nitrogens with zero attached hydrogens (tertiary/aromatic N) is 5. The number of aliphatic hydroxyl groups is 2. The van der Waals surface area contributed by atoms with Gasteiger partial charge in [-0.15, -0.1) is 8.02 Å². The van der Waals surface area contributed by atoms with Crippen LogP contribution in [0.1, 0.15) is 152 Å². The molecule has 0 bridgehead atoms. The summed E-state index contributed by atoms with van der Waals surface area (Å²) in [6, 6.07) is 10.8. The minimum absolute atomic E-state index is 0. The van der Waals surface area contributed by atoms with Gasteiger partial charge in [0.05, 0.1) is 29.7 Å². The molecule has 15 nitrogen and oxygen atoms in total. The fourth-order valence-corrected chi connectivity index (χ4v) is 19.4. The predicted octanol–water partition coefficient (Wildman–Crippen LogP) is 7.07. The number of benzene rings is 2. The van der Waals surface area contributed by atoms with Crippen molar-refractivity contribution in [2.75, 3.05) is 32.8 Å². The molecule has 2 heterocycles. The molecule has 82 heavy (non-hydrogen) atoms. The van der Waals surface area contributed by atoms with Gasteiger partial charge < -0.3 is 29.0 Å². The van der Waals surface area contributed by atoms with Crippen molar-refractivity contribution in [1.29, 1.82) is 0 Å². The summed E-state index contributed by atoms with van der Waals surface area (Å²) in [7, 11) is 3.40. The second-order valence-electron chi connectivity index (χ2n) is 26.2. The van der Waals surface area contributed by atoms with E-state index >= 15 is 0 Å². The van der Waals surface area contributed by atoms with Crippen LogP contribution in [0.5, 0.6) is 0 Å². The zero-order valence-corrected chi connectivity index (χ0v) is 58.2. The first-order chi connectivity index (χ1) is 38.0. The maximum absolute atomic E-state index is 13.6. The van der Waals surface area contributed by atoms with Crippen molar-refractivity contribution in [3.05, 3.63) is 53.1 Å². The number of alkyl halides is 1. The van der Waals surface area contributed by atoms with E-state index in [4.69, 9.17) is 39.3 Å². The molecule has 4 aromatic rings. The van der Waals surface area contributed by atoms with Gasteiger partial charge in [0.25, 0.3) is 0 Å². The van der Waals surface area contributed by atoms with Crippen molar-refractivity contribution < 1.29 is 153 Å². The van der Waals surface area contributed by atoms with Crippen LogP contribution in [0.2, 0.25) is 10.0 Å². The Morgan fingerprint density at radius 2 is 1.12 bits per heavy atom. The van der Waals surface area contributed by atoms with E-state index in [1.165, 1.54) is 51.4 Å². The summed E-state index contributed by atoms with van der Waals surface area (Å²) in [6.07, 6.45) is 20.0. The molecule has 8 saturated carbocycles. The normalized spacial score (nSPS) is 37.5. The summed E-state index contributed by atoms with van der Waals surface area (Å²) in [5.41, 5.74) is 2.83. The van der Waals surface area contributed by atoms with Crippen LogP contribution in [-0.2, 0) is 35.3 Å². The molecule has 0 radical (unpaired) electrons. The van der Waals surface area contributed by atoms with E-state index in [1.54, 1.807) is 37.2 Å². The third kappa shape index (κ3) is 14.4. The topological polar surface area (TPSA) is 212 Å². The molecule has 0 amide bonds. The van der Waals surface area contributed by atoms with Gasteiger partial charge in [0.1, 0.15) is 34.4 Å². The number of aromatic nitrogens is 6. The summed E-state index contributed by atoms with van der Waals surface area (Å²) in [5.74, 6) is 4.90. The summed E-state index contributed by atoms with van der Waals surface area (Å²) >= 11 is 15.2. The molecule has 8 fully saturated rings. The maximum Gasteiger partial charge on any atom is 1.00 e. The molecule has 0 aliphatic heterocycles. The third-order valence-corrected chi connectivity index (χ3v) is 23.5. The number of carbonyl (C=O) groups is 3. The second-order valence-corrected chi connectivity index (χ2v) is 27.7. The van der Waals surface area contributed by atoms with E-state index in [-0.39, 0.29) is 145 Å². The van der Waals surface area contributed by atoms with Gasteiger partial charge in [-0.05, 0) is 221 Å². The minimum Gasteiger partial charge on any atom is -0.425 e. The van der Waals surface area contributed by atoms with Crippen molar-refractivity contribution in [3.8, 4) is 0 Å². The van der Waals surface area contributed by atoms with Gasteiger partial charge in [-0.2, -0.15) is 30.4 Å². The number of Topliss-reactive ketones (excluding diaryl/α,β-unsaturated/α-hetero) is 2. The van der Waals surface area contributed by atoms with E-state index in [2.05, 4.69) is 74.1 Å². The number of methoxy groups -OCH3 is 2. The number of fused-ring (bicyclic) bond motifs is 12. The number of rotatable bonds is 10. The third-order valence-electron chi connectivity index (χ3n) is 22.5.